The van der Waals surface area contributed by atoms with E-state index < -0.39 is 6.16 Å². The minimum atomic E-state index is -1.42. The Morgan fingerprint density at radius 1 is 0.733 bits per heavy atom. The van der Waals surface area contributed by atoms with E-state index in [1.54, 1.807) is 0 Å². The zero-order chi connectivity index (χ0) is 10.2. The molecule has 15 heavy (non-hydrogen) atoms. The second-order valence-corrected chi connectivity index (χ2v) is 4.32. The SMILES string of the molecule is CC1OC2(OC(C)C3OC3O2)OC2OC12. The molecule has 6 nitrogen and oxygen atoms in total. The average Bonchev–Trinajstić information content (AvgIpc) is 2.96. The van der Waals surface area contributed by atoms with E-state index in [9.17, 15) is 0 Å². The van der Waals surface area contributed by atoms with Gasteiger partial charge in [0.05, 0.1) is 12.2 Å². The van der Waals surface area contributed by atoms with Crippen LogP contribution in [0.15, 0.2) is 0 Å². The topological polar surface area (TPSA) is 62.0 Å². The van der Waals surface area contributed by atoms with Crippen LogP contribution in [0.2, 0.25) is 0 Å². The minimum Gasteiger partial charge on any atom is -0.338 e. The maximum atomic E-state index is 5.56. The molecule has 0 N–H and O–H groups in total. The summed E-state index contributed by atoms with van der Waals surface area (Å²) in [4.78, 5) is 0. The monoisotopic (exact) mass is 216 g/mol. The van der Waals surface area contributed by atoms with Crippen molar-refractivity contribution in [2.45, 2.75) is 57.0 Å². The number of ether oxygens (including phenoxy) is 6. The molecule has 1 spiro atoms. The Balaban J connectivity index is 1.58. The van der Waals surface area contributed by atoms with Gasteiger partial charge in [0.15, 0.2) is 12.6 Å². The minimum absolute atomic E-state index is 0.0102. The quantitative estimate of drug-likeness (QED) is 0.528. The summed E-state index contributed by atoms with van der Waals surface area (Å²) in [6.07, 6.45) is -2.12. The number of hydrogen-bond donors (Lipinski definition) is 0. The van der Waals surface area contributed by atoms with Gasteiger partial charge in [-0.2, -0.15) is 0 Å². The molecule has 4 aliphatic rings. The van der Waals surface area contributed by atoms with Crippen LogP contribution in [0, 0.1) is 0 Å². The molecular formula is C9H12O6. The molecule has 4 heterocycles. The molecule has 4 aliphatic heterocycles. The maximum absolute atomic E-state index is 5.56. The smallest absolute Gasteiger partial charge is 0.338 e. The largest absolute Gasteiger partial charge is 0.418 e. The summed E-state index contributed by atoms with van der Waals surface area (Å²) in [5.41, 5.74) is 0. The average molecular weight is 216 g/mol. The van der Waals surface area contributed by atoms with E-state index in [4.69, 9.17) is 28.4 Å². The van der Waals surface area contributed by atoms with Crippen molar-refractivity contribution in [2.75, 3.05) is 0 Å². The summed E-state index contributed by atoms with van der Waals surface area (Å²) in [5.74, 6) is 0. The fourth-order valence-corrected chi connectivity index (χ4v) is 2.11. The molecule has 0 aliphatic carbocycles. The Bertz CT molecular complexity index is 277. The zero-order valence-electron chi connectivity index (χ0n) is 8.41. The summed E-state index contributed by atoms with van der Waals surface area (Å²) < 4.78 is 32.6. The number of epoxide rings is 2. The Hall–Kier alpha value is -0.240. The van der Waals surface area contributed by atoms with Gasteiger partial charge in [-0.1, -0.05) is 0 Å². The molecular weight excluding hydrogens is 204 g/mol. The molecule has 0 saturated carbocycles. The molecule has 0 aromatic carbocycles. The van der Waals surface area contributed by atoms with Gasteiger partial charge in [0.25, 0.3) is 0 Å². The Morgan fingerprint density at radius 3 is 1.60 bits per heavy atom. The van der Waals surface area contributed by atoms with Crippen molar-refractivity contribution in [2.24, 2.45) is 0 Å². The summed E-state index contributed by atoms with van der Waals surface area (Å²) in [6, 6.07) is 0. The van der Waals surface area contributed by atoms with E-state index >= 15 is 0 Å². The first-order chi connectivity index (χ1) is 7.17. The van der Waals surface area contributed by atoms with Gasteiger partial charge < -0.3 is 9.47 Å². The normalized spacial score (nSPS) is 66.0. The summed E-state index contributed by atoms with van der Waals surface area (Å²) >= 11 is 0. The molecule has 0 radical (unpaired) electrons. The maximum Gasteiger partial charge on any atom is 0.418 e. The first-order valence-corrected chi connectivity index (χ1v) is 5.19. The van der Waals surface area contributed by atoms with Crippen molar-refractivity contribution >= 4 is 0 Å². The van der Waals surface area contributed by atoms with E-state index in [1.165, 1.54) is 0 Å². The number of hydrogen-bond acceptors (Lipinski definition) is 6. The van der Waals surface area contributed by atoms with Gasteiger partial charge in [0.1, 0.15) is 12.2 Å². The standard InChI is InChI=1S/C9H12O6/c1-3-5-7(10-5)14-9(12-3)13-4(2)6-8(11-6)15-9/h3-8H,1-2H3. The first kappa shape index (κ1) is 8.86. The molecule has 0 amide bonds. The highest BCUT2D eigenvalue weighted by molar-refractivity contribution is 4.92. The third-order valence-corrected chi connectivity index (χ3v) is 3.07. The van der Waals surface area contributed by atoms with E-state index in [0.717, 1.165) is 0 Å². The van der Waals surface area contributed by atoms with Crippen LogP contribution in [0.3, 0.4) is 0 Å². The summed E-state index contributed by atoms with van der Waals surface area (Å²) in [7, 11) is 0. The van der Waals surface area contributed by atoms with Crippen LogP contribution in [0.25, 0.3) is 0 Å². The second kappa shape index (κ2) is 2.53. The summed E-state index contributed by atoms with van der Waals surface area (Å²) in [6.45, 7) is 3.82. The lowest BCUT2D eigenvalue weighted by Gasteiger charge is -2.38. The lowest BCUT2D eigenvalue weighted by Crippen LogP contribution is -2.55. The predicted octanol–water partition coefficient (Wildman–Crippen LogP) is -0.0819. The van der Waals surface area contributed by atoms with Crippen molar-refractivity contribution in [3.8, 4) is 0 Å². The molecule has 6 atom stereocenters. The Labute approximate surface area is 86.3 Å². The van der Waals surface area contributed by atoms with Crippen LogP contribution < -0.4 is 0 Å². The lowest BCUT2D eigenvalue weighted by molar-refractivity contribution is -0.543. The highest BCUT2D eigenvalue weighted by Gasteiger charge is 2.66. The van der Waals surface area contributed by atoms with Gasteiger partial charge in [0.2, 0.25) is 0 Å². The van der Waals surface area contributed by atoms with E-state index in [1.807, 2.05) is 13.8 Å². The number of rotatable bonds is 0. The molecule has 0 aromatic heterocycles. The highest BCUT2D eigenvalue weighted by atomic mass is 17.1. The fourth-order valence-electron chi connectivity index (χ4n) is 2.11. The van der Waals surface area contributed by atoms with Crippen LogP contribution in [-0.4, -0.2) is 43.2 Å². The van der Waals surface area contributed by atoms with Crippen LogP contribution in [0.1, 0.15) is 13.8 Å². The summed E-state index contributed by atoms with van der Waals surface area (Å²) in [5, 5.41) is 0. The predicted molar refractivity (Wildman–Crippen MR) is 43.3 cm³/mol. The zero-order valence-corrected chi connectivity index (χ0v) is 8.41. The molecule has 4 saturated heterocycles. The van der Waals surface area contributed by atoms with Gasteiger partial charge in [-0.05, 0) is 13.8 Å². The van der Waals surface area contributed by atoms with Crippen molar-refractivity contribution in [1.29, 1.82) is 0 Å². The first-order valence-electron chi connectivity index (χ1n) is 5.19. The van der Waals surface area contributed by atoms with Crippen LogP contribution in [0.4, 0.5) is 0 Å². The van der Waals surface area contributed by atoms with Crippen molar-refractivity contribution in [3.05, 3.63) is 0 Å². The second-order valence-electron chi connectivity index (χ2n) is 4.32. The van der Waals surface area contributed by atoms with E-state index in [0.29, 0.717) is 0 Å². The number of fused-ring (bicyclic) bond motifs is 2. The molecule has 0 bridgehead atoms. The Kier molecular flexibility index (Phi) is 1.49. The van der Waals surface area contributed by atoms with Crippen molar-refractivity contribution in [3.63, 3.8) is 0 Å². The third kappa shape index (κ3) is 1.20. The molecule has 84 valence electrons. The molecule has 6 unspecified atom stereocenters. The van der Waals surface area contributed by atoms with Gasteiger partial charge >= 0.3 is 6.16 Å². The van der Waals surface area contributed by atoms with Crippen LogP contribution in [0.5, 0.6) is 0 Å². The van der Waals surface area contributed by atoms with Gasteiger partial charge in [0, 0.05) is 0 Å². The fraction of sp³-hybridized carbons (Fsp3) is 1.00. The van der Waals surface area contributed by atoms with E-state index in [-0.39, 0.29) is 37.0 Å². The molecule has 0 aromatic rings. The van der Waals surface area contributed by atoms with Gasteiger partial charge in [-0.3, -0.25) is 18.9 Å². The van der Waals surface area contributed by atoms with Gasteiger partial charge in [-0.15, -0.1) is 0 Å². The van der Waals surface area contributed by atoms with E-state index in [2.05, 4.69) is 0 Å². The lowest BCUT2D eigenvalue weighted by atomic mass is 10.2. The molecule has 6 heteroatoms. The third-order valence-electron chi connectivity index (χ3n) is 3.07. The Morgan fingerprint density at radius 2 is 1.20 bits per heavy atom. The van der Waals surface area contributed by atoms with Crippen LogP contribution >= 0.6 is 0 Å². The molecule has 4 fully saturated rings. The van der Waals surface area contributed by atoms with Crippen molar-refractivity contribution in [1.82, 2.24) is 0 Å². The highest BCUT2D eigenvalue weighted by Crippen LogP contribution is 2.47. The molecule has 4 rings (SSSR count). The van der Waals surface area contributed by atoms with Gasteiger partial charge in [-0.25, -0.2) is 0 Å². The van der Waals surface area contributed by atoms with Crippen LogP contribution in [-0.2, 0) is 28.4 Å². The van der Waals surface area contributed by atoms with Crippen molar-refractivity contribution < 1.29 is 28.4 Å².